The lowest BCUT2D eigenvalue weighted by molar-refractivity contribution is 0.0315. The van der Waals surface area contributed by atoms with Crippen molar-refractivity contribution >= 4 is 0 Å². The van der Waals surface area contributed by atoms with Gasteiger partial charge in [0.2, 0.25) is 0 Å². The predicted molar refractivity (Wildman–Crippen MR) is 66.7 cm³/mol. The molecule has 0 aromatic heterocycles. The third kappa shape index (κ3) is 4.40. The summed E-state index contributed by atoms with van der Waals surface area (Å²) >= 11 is 0. The van der Waals surface area contributed by atoms with E-state index in [0.29, 0.717) is 6.10 Å². The highest BCUT2D eigenvalue weighted by Gasteiger charge is 2.14. The van der Waals surface area contributed by atoms with Crippen molar-refractivity contribution in [1.82, 2.24) is 10.6 Å². The van der Waals surface area contributed by atoms with E-state index in [1.54, 1.807) is 0 Å². The summed E-state index contributed by atoms with van der Waals surface area (Å²) in [5.41, 5.74) is 0. The molecule has 0 radical (unpaired) electrons. The first-order valence-corrected chi connectivity index (χ1v) is 7.01. The van der Waals surface area contributed by atoms with Gasteiger partial charge in [0.15, 0.2) is 0 Å². The van der Waals surface area contributed by atoms with Crippen LogP contribution in [-0.2, 0) is 4.74 Å². The van der Waals surface area contributed by atoms with Crippen molar-refractivity contribution in [2.75, 3.05) is 26.2 Å². The molecule has 0 unspecified atom stereocenters. The maximum atomic E-state index is 5.87. The number of hydrogen-bond acceptors (Lipinski definition) is 3. The molecule has 2 N–H and O–H groups in total. The zero-order valence-corrected chi connectivity index (χ0v) is 10.3. The second-order valence-corrected chi connectivity index (χ2v) is 5.11. The normalized spacial score (nSPS) is 24.0. The van der Waals surface area contributed by atoms with Gasteiger partial charge >= 0.3 is 0 Å². The first-order chi connectivity index (χ1) is 7.95. The molecule has 94 valence electrons. The van der Waals surface area contributed by atoms with Gasteiger partial charge in [-0.3, -0.25) is 0 Å². The molecule has 0 aromatic carbocycles. The topological polar surface area (TPSA) is 33.3 Å². The monoisotopic (exact) mass is 226 g/mol. The highest BCUT2D eigenvalue weighted by Crippen LogP contribution is 2.17. The molecule has 0 amide bonds. The Morgan fingerprint density at radius 3 is 2.56 bits per heavy atom. The van der Waals surface area contributed by atoms with Crippen LogP contribution in [0.5, 0.6) is 0 Å². The van der Waals surface area contributed by atoms with E-state index < -0.39 is 0 Å². The molecule has 1 aliphatic heterocycles. The minimum atomic E-state index is 0.521. The second-order valence-electron chi connectivity index (χ2n) is 5.11. The summed E-state index contributed by atoms with van der Waals surface area (Å²) in [6.45, 7) is 4.33. The predicted octanol–water partition coefficient (Wildman–Crippen LogP) is 1.68. The molecule has 1 heterocycles. The van der Waals surface area contributed by atoms with Crippen molar-refractivity contribution < 1.29 is 4.74 Å². The van der Waals surface area contributed by atoms with Crippen molar-refractivity contribution in [1.29, 1.82) is 0 Å². The Balaban J connectivity index is 1.42. The van der Waals surface area contributed by atoms with E-state index in [2.05, 4.69) is 10.6 Å². The molecule has 2 rings (SSSR count). The summed E-state index contributed by atoms with van der Waals surface area (Å²) in [5.74, 6) is 0. The molecule has 3 nitrogen and oxygen atoms in total. The van der Waals surface area contributed by atoms with Crippen LogP contribution in [-0.4, -0.2) is 38.4 Å². The first-order valence-electron chi connectivity index (χ1n) is 7.01. The molecule has 3 heteroatoms. The SMILES string of the molecule is C(CNC1CCCC1)COC1CCNCC1. The smallest absolute Gasteiger partial charge is 0.0599 e. The van der Waals surface area contributed by atoms with Gasteiger partial charge in [-0.2, -0.15) is 0 Å². The van der Waals surface area contributed by atoms with Crippen LogP contribution in [0.2, 0.25) is 0 Å². The van der Waals surface area contributed by atoms with Gasteiger partial charge in [-0.15, -0.1) is 0 Å². The maximum Gasteiger partial charge on any atom is 0.0599 e. The van der Waals surface area contributed by atoms with Gasteiger partial charge in [0, 0.05) is 12.6 Å². The summed E-state index contributed by atoms with van der Waals surface area (Å²) < 4.78 is 5.87. The van der Waals surface area contributed by atoms with Crippen LogP contribution in [0, 0.1) is 0 Å². The van der Waals surface area contributed by atoms with Crippen LogP contribution in [0.25, 0.3) is 0 Å². The second kappa shape index (κ2) is 7.25. The molecule has 0 bridgehead atoms. The summed E-state index contributed by atoms with van der Waals surface area (Å²) in [4.78, 5) is 0. The molecule has 1 aliphatic carbocycles. The fraction of sp³-hybridized carbons (Fsp3) is 1.00. The highest BCUT2D eigenvalue weighted by atomic mass is 16.5. The molecule has 0 aromatic rings. The molecule has 1 saturated carbocycles. The van der Waals surface area contributed by atoms with Crippen LogP contribution >= 0.6 is 0 Å². The molecule has 2 fully saturated rings. The van der Waals surface area contributed by atoms with Crippen molar-refractivity contribution in [3.8, 4) is 0 Å². The lowest BCUT2D eigenvalue weighted by Crippen LogP contribution is -2.33. The fourth-order valence-electron chi connectivity index (χ4n) is 2.72. The van der Waals surface area contributed by atoms with E-state index in [1.165, 1.54) is 44.9 Å². The van der Waals surface area contributed by atoms with E-state index in [9.17, 15) is 0 Å². The Kier molecular flexibility index (Phi) is 5.59. The van der Waals surface area contributed by atoms with Gasteiger partial charge in [0.1, 0.15) is 0 Å². The zero-order valence-electron chi connectivity index (χ0n) is 10.3. The summed E-state index contributed by atoms with van der Waals surface area (Å²) in [6.07, 6.45) is 9.68. The minimum Gasteiger partial charge on any atom is -0.378 e. The lowest BCUT2D eigenvalue weighted by Gasteiger charge is -2.23. The average molecular weight is 226 g/mol. The molecular weight excluding hydrogens is 200 g/mol. The molecule has 16 heavy (non-hydrogen) atoms. The number of rotatable bonds is 6. The van der Waals surface area contributed by atoms with Crippen molar-refractivity contribution in [2.45, 2.75) is 57.1 Å². The quantitative estimate of drug-likeness (QED) is 0.676. The van der Waals surface area contributed by atoms with E-state index in [0.717, 1.165) is 32.3 Å². The van der Waals surface area contributed by atoms with Crippen LogP contribution in [0.1, 0.15) is 44.9 Å². The highest BCUT2D eigenvalue weighted by molar-refractivity contribution is 4.73. The van der Waals surface area contributed by atoms with Gasteiger partial charge in [-0.1, -0.05) is 12.8 Å². The van der Waals surface area contributed by atoms with Gasteiger partial charge < -0.3 is 15.4 Å². The summed E-state index contributed by atoms with van der Waals surface area (Å²) in [7, 11) is 0. The van der Waals surface area contributed by atoms with Gasteiger partial charge in [-0.25, -0.2) is 0 Å². The van der Waals surface area contributed by atoms with Crippen molar-refractivity contribution in [2.24, 2.45) is 0 Å². The van der Waals surface area contributed by atoms with Crippen molar-refractivity contribution in [3.05, 3.63) is 0 Å². The molecule has 1 saturated heterocycles. The summed E-state index contributed by atoms with van der Waals surface area (Å²) in [6, 6.07) is 0.805. The van der Waals surface area contributed by atoms with Crippen LogP contribution < -0.4 is 10.6 Å². The third-order valence-electron chi connectivity index (χ3n) is 3.75. The molecule has 2 aliphatic rings. The van der Waals surface area contributed by atoms with Crippen LogP contribution in [0.4, 0.5) is 0 Å². The molecular formula is C13H26N2O. The molecule has 0 atom stereocenters. The number of piperidine rings is 1. The molecule has 0 spiro atoms. The Hall–Kier alpha value is -0.120. The number of hydrogen-bond donors (Lipinski definition) is 2. The zero-order chi connectivity index (χ0) is 11.1. The maximum absolute atomic E-state index is 5.87. The Morgan fingerprint density at radius 1 is 1.06 bits per heavy atom. The number of ether oxygens (including phenoxy) is 1. The number of nitrogens with one attached hydrogen (secondary N) is 2. The Bertz CT molecular complexity index is 175. The fourth-order valence-corrected chi connectivity index (χ4v) is 2.72. The lowest BCUT2D eigenvalue weighted by atomic mass is 10.1. The average Bonchev–Trinajstić information content (AvgIpc) is 2.83. The van der Waals surface area contributed by atoms with Gasteiger partial charge in [0.25, 0.3) is 0 Å². The van der Waals surface area contributed by atoms with Gasteiger partial charge in [0.05, 0.1) is 6.10 Å². The standard InChI is InChI=1S/C13H26N2O/c1-2-5-12(4-1)15-8-3-11-16-13-6-9-14-10-7-13/h12-15H,1-11H2. The van der Waals surface area contributed by atoms with Gasteiger partial charge in [-0.05, 0) is 51.7 Å². The largest absolute Gasteiger partial charge is 0.378 e. The van der Waals surface area contributed by atoms with E-state index in [4.69, 9.17) is 4.74 Å². The first kappa shape index (κ1) is 12.3. The van der Waals surface area contributed by atoms with Crippen LogP contribution in [0.3, 0.4) is 0 Å². The third-order valence-corrected chi connectivity index (χ3v) is 3.75. The van der Waals surface area contributed by atoms with Crippen LogP contribution in [0.15, 0.2) is 0 Å². The van der Waals surface area contributed by atoms with E-state index in [1.807, 2.05) is 0 Å². The Morgan fingerprint density at radius 2 is 1.81 bits per heavy atom. The Labute approximate surface area is 99.3 Å². The van der Waals surface area contributed by atoms with Crippen molar-refractivity contribution in [3.63, 3.8) is 0 Å². The summed E-state index contributed by atoms with van der Waals surface area (Å²) in [5, 5.41) is 6.99. The minimum absolute atomic E-state index is 0.521. The van der Waals surface area contributed by atoms with E-state index in [-0.39, 0.29) is 0 Å². The van der Waals surface area contributed by atoms with E-state index >= 15 is 0 Å².